The molecule has 1 aromatic carbocycles. The number of aromatic nitrogens is 1. The minimum Gasteiger partial charge on any atom is -0.468 e. The van der Waals surface area contributed by atoms with E-state index in [4.69, 9.17) is 0 Å². The van der Waals surface area contributed by atoms with Crippen LogP contribution in [0.25, 0.3) is 0 Å². The van der Waals surface area contributed by atoms with Crippen molar-refractivity contribution in [2.45, 2.75) is 25.4 Å². The first-order chi connectivity index (χ1) is 13.6. The molecule has 2 N–H and O–H groups in total. The van der Waals surface area contributed by atoms with Gasteiger partial charge in [0.25, 0.3) is 0 Å². The van der Waals surface area contributed by atoms with Crippen molar-refractivity contribution >= 4 is 5.96 Å². The van der Waals surface area contributed by atoms with Gasteiger partial charge in [-0.2, -0.15) is 26.3 Å². The molecule has 29 heavy (non-hydrogen) atoms. The lowest BCUT2D eigenvalue weighted by atomic mass is 10.1. The normalized spacial score (nSPS) is 12.6. The second-order valence-electron chi connectivity index (χ2n) is 5.89. The van der Waals surface area contributed by atoms with E-state index >= 15 is 0 Å². The molecule has 11 heteroatoms. The third-order valence-electron chi connectivity index (χ3n) is 3.58. The monoisotopic (exact) mass is 420 g/mol. The van der Waals surface area contributed by atoms with Crippen LogP contribution < -0.4 is 15.4 Å². The number of benzene rings is 1. The van der Waals surface area contributed by atoms with Crippen LogP contribution in [0.4, 0.5) is 26.3 Å². The highest BCUT2D eigenvalue weighted by atomic mass is 19.4. The molecule has 2 rings (SSSR count). The summed E-state index contributed by atoms with van der Waals surface area (Å²) in [5, 5.41) is 5.82. The summed E-state index contributed by atoms with van der Waals surface area (Å²) >= 11 is 0. The number of aliphatic imine (C=N–C) groups is 1. The fourth-order valence-electron chi connectivity index (χ4n) is 2.21. The first kappa shape index (κ1) is 22.3. The molecule has 158 valence electrons. The molecule has 0 aliphatic carbocycles. The number of hydrogen-bond donors (Lipinski definition) is 2. The quantitative estimate of drug-likeness (QED) is 0.423. The van der Waals surface area contributed by atoms with Gasteiger partial charge in [0.15, 0.2) is 12.6 Å². The number of ether oxygens (including phenoxy) is 1. The molecule has 0 saturated carbocycles. The number of rotatable bonds is 6. The van der Waals surface area contributed by atoms with E-state index in [1.807, 2.05) is 0 Å². The zero-order valence-corrected chi connectivity index (χ0v) is 15.2. The second kappa shape index (κ2) is 9.48. The Morgan fingerprint density at radius 1 is 1.00 bits per heavy atom. The first-order valence-corrected chi connectivity index (χ1v) is 8.32. The Hall–Kier alpha value is -2.98. The Morgan fingerprint density at radius 3 is 2.24 bits per heavy atom. The van der Waals surface area contributed by atoms with Crippen LogP contribution in [0.3, 0.4) is 0 Å². The number of halogens is 6. The SMILES string of the molecule is CN=C(NCc1ccc(OCC(F)(F)F)nc1)NCc1cccc(C(F)(F)F)c1. The Kier molecular flexibility index (Phi) is 7.29. The lowest BCUT2D eigenvalue weighted by Crippen LogP contribution is -2.36. The van der Waals surface area contributed by atoms with Gasteiger partial charge in [-0.1, -0.05) is 18.2 Å². The smallest absolute Gasteiger partial charge is 0.422 e. The van der Waals surface area contributed by atoms with Crippen molar-refractivity contribution in [1.29, 1.82) is 0 Å². The van der Waals surface area contributed by atoms with Crippen LogP contribution in [0.15, 0.2) is 47.6 Å². The van der Waals surface area contributed by atoms with Gasteiger partial charge in [-0.3, -0.25) is 4.99 Å². The summed E-state index contributed by atoms with van der Waals surface area (Å²) in [5.41, 5.74) is 0.334. The highest BCUT2D eigenvalue weighted by Crippen LogP contribution is 2.29. The zero-order chi connectivity index (χ0) is 21.5. The highest BCUT2D eigenvalue weighted by molar-refractivity contribution is 5.79. The van der Waals surface area contributed by atoms with Gasteiger partial charge in [0.2, 0.25) is 5.88 Å². The van der Waals surface area contributed by atoms with Crippen LogP contribution in [-0.4, -0.2) is 30.8 Å². The maximum Gasteiger partial charge on any atom is 0.422 e. The summed E-state index contributed by atoms with van der Waals surface area (Å²) in [5.74, 6) is 0.179. The van der Waals surface area contributed by atoms with Crippen molar-refractivity contribution in [2.75, 3.05) is 13.7 Å². The van der Waals surface area contributed by atoms with Gasteiger partial charge in [0.05, 0.1) is 5.56 Å². The van der Waals surface area contributed by atoms with E-state index in [0.717, 1.165) is 12.1 Å². The molecular formula is C18H18F6N4O. The molecule has 1 aromatic heterocycles. The van der Waals surface area contributed by atoms with E-state index in [1.165, 1.54) is 31.4 Å². The summed E-state index contributed by atoms with van der Waals surface area (Å²) in [6, 6.07) is 7.76. The largest absolute Gasteiger partial charge is 0.468 e. The first-order valence-electron chi connectivity index (χ1n) is 8.32. The van der Waals surface area contributed by atoms with E-state index < -0.39 is 24.5 Å². The Labute approximate surface area is 162 Å². The minimum atomic E-state index is -4.44. The van der Waals surface area contributed by atoms with Crippen LogP contribution >= 0.6 is 0 Å². The molecule has 0 unspecified atom stereocenters. The predicted molar refractivity (Wildman–Crippen MR) is 94.3 cm³/mol. The third kappa shape index (κ3) is 7.88. The number of pyridine rings is 1. The fourth-order valence-corrected chi connectivity index (χ4v) is 2.21. The van der Waals surface area contributed by atoms with Crippen molar-refractivity contribution in [3.8, 4) is 5.88 Å². The molecule has 1 heterocycles. The standard InChI is InChI=1S/C18H18F6N4O/c1-25-16(27-8-12-3-2-4-14(7-12)18(22,23)24)28-10-13-5-6-15(26-9-13)29-11-17(19,20)21/h2-7,9H,8,10-11H2,1H3,(H2,25,27,28). The van der Waals surface area contributed by atoms with Gasteiger partial charge in [-0.05, 0) is 23.3 Å². The molecule has 0 fully saturated rings. The lowest BCUT2D eigenvalue weighted by Gasteiger charge is -2.13. The molecule has 0 aliphatic rings. The summed E-state index contributed by atoms with van der Waals surface area (Å²) in [6.45, 7) is -1.06. The average Bonchev–Trinajstić information content (AvgIpc) is 2.66. The van der Waals surface area contributed by atoms with Crippen molar-refractivity contribution in [3.63, 3.8) is 0 Å². The van der Waals surface area contributed by atoms with Gasteiger partial charge in [0, 0.05) is 32.4 Å². The molecule has 0 amide bonds. The summed E-state index contributed by atoms with van der Waals surface area (Å²) in [6.07, 6.45) is -7.52. The van der Waals surface area contributed by atoms with Crippen molar-refractivity contribution in [3.05, 3.63) is 59.3 Å². The van der Waals surface area contributed by atoms with E-state index in [0.29, 0.717) is 17.1 Å². The summed E-state index contributed by atoms with van der Waals surface area (Å²) in [7, 11) is 1.49. The summed E-state index contributed by atoms with van der Waals surface area (Å²) < 4.78 is 79.1. The maximum absolute atomic E-state index is 12.7. The second-order valence-corrected chi connectivity index (χ2v) is 5.89. The number of alkyl halides is 6. The molecule has 0 atom stereocenters. The Bertz CT molecular complexity index is 818. The maximum atomic E-state index is 12.7. The lowest BCUT2D eigenvalue weighted by molar-refractivity contribution is -0.154. The van der Waals surface area contributed by atoms with E-state index in [-0.39, 0.29) is 19.0 Å². The minimum absolute atomic E-state index is 0.117. The summed E-state index contributed by atoms with van der Waals surface area (Å²) in [4.78, 5) is 7.75. The molecule has 2 aromatic rings. The molecule has 0 bridgehead atoms. The van der Waals surface area contributed by atoms with Crippen LogP contribution in [-0.2, 0) is 19.3 Å². The van der Waals surface area contributed by atoms with Crippen LogP contribution in [0.1, 0.15) is 16.7 Å². The molecule has 5 nitrogen and oxygen atoms in total. The third-order valence-corrected chi connectivity index (χ3v) is 3.58. The molecule has 0 radical (unpaired) electrons. The number of hydrogen-bond acceptors (Lipinski definition) is 3. The Balaban J connectivity index is 1.85. The number of guanidine groups is 1. The number of nitrogens with zero attached hydrogens (tertiary/aromatic N) is 2. The van der Waals surface area contributed by atoms with Crippen LogP contribution in [0, 0.1) is 0 Å². The van der Waals surface area contributed by atoms with Crippen LogP contribution in [0.5, 0.6) is 5.88 Å². The fraction of sp³-hybridized carbons (Fsp3) is 0.333. The zero-order valence-electron chi connectivity index (χ0n) is 15.2. The number of nitrogens with one attached hydrogen (secondary N) is 2. The molecule has 0 spiro atoms. The van der Waals surface area contributed by atoms with Gasteiger partial charge < -0.3 is 15.4 Å². The molecule has 0 saturated heterocycles. The van der Waals surface area contributed by atoms with Gasteiger partial charge in [0.1, 0.15) is 0 Å². The predicted octanol–water partition coefficient (Wildman–Crippen LogP) is 3.91. The van der Waals surface area contributed by atoms with E-state index in [1.54, 1.807) is 6.07 Å². The van der Waals surface area contributed by atoms with Gasteiger partial charge in [-0.25, -0.2) is 4.98 Å². The molecule has 0 aliphatic heterocycles. The van der Waals surface area contributed by atoms with Crippen molar-refractivity contribution < 1.29 is 31.1 Å². The van der Waals surface area contributed by atoms with Crippen molar-refractivity contribution in [2.24, 2.45) is 4.99 Å². The Morgan fingerprint density at radius 2 is 1.69 bits per heavy atom. The van der Waals surface area contributed by atoms with E-state index in [9.17, 15) is 26.3 Å². The molecular weight excluding hydrogens is 402 g/mol. The van der Waals surface area contributed by atoms with Crippen molar-refractivity contribution in [1.82, 2.24) is 15.6 Å². The average molecular weight is 420 g/mol. The van der Waals surface area contributed by atoms with Gasteiger partial charge in [-0.15, -0.1) is 0 Å². The highest BCUT2D eigenvalue weighted by Gasteiger charge is 2.30. The van der Waals surface area contributed by atoms with Gasteiger partial charge >= 0.3 is 12.4 Å². The van der Waals surface area contributed by atoms with Crippen LogP contribution in [0.2, 0.25) is 0 Å². The topological polar surface area (TPSA) is 58.5 Å². The van der Waals surface area contributed by atoms with E-state index in [2.05, 4.69) is 25.3 Å².